The van der Waals surface area contributed by atoms with Gasteiger partial charge in [-0.3, -0.25) is 14.3 Å². The molecule has 0 saturated carbocycles. The lowest BCUT2D eigenvalue weighted by atomic mass is 10.0. The van der Waals surface area contributed by atoms with E-state index in [1.165, 1.54) is 27.8 Å². The summed E-state index contributed by atoms with van der Waals surface area (Å²) in [5.74, 6) is -0.679. The fourth-order valence-electron chi connectivity index (χ4n) is 4.14. The molecule has 7 heteroatoms. The zero-order valence-corrected chi connectivity index (χ0v) is 18.6. The molecule has 3 aromatic rings. The van der Waals surface area contributed by atoms with Gasteiger partial charge in [-0.2, -0.15) is 0 Å². The number of carboxylic acids is 1. The van der Waals surface area contributed by atoms with E-state index in [-0.39, 0.29) is 17.2 Å². The van der Waals surface area contributed by atoms with Gasteiger partial charge in [0.1, 0.15) is 0 Å². The van der Waals surface area contributed by atoms with E-state index in [2.05, 4.69) is 40.3 Å². The predicted molar refractivity (Wildman–Crippen MR) is 130 cm³/mol. The molecule has 0 bridgehead atoms. The highest BCUT2D eigenvalue weighted by Gasteiger charge is 2.20. The van der Waals surface area contributed by atoms with Crippen molar-refractivity contribution in [1.29, 1.82) is 0 Å². The van der Waals surface area contributed by atoms with Crippen molar-refractivity contribution in [1.82, 2.24) is 14.5 Å². The van der Waals surface area contributed by atoms with Crippen molar-refractivity contribution in [3.05, 3.63) is 94.0 Å². The molecule has 170 valence electrons. The molecule has 33 heavy (non-hydrogen) atoms. The highest BCUT2D eigenvalue weighted by atomic mass is 16.4. The van der Waals surface area contributed by atoms with Gasteiger partial charge in [-0.15, -0.1) is 0 Å². The Labute approximate surface area is 193 Å². The first-order valence-corrected chi connectivity index (χ1v) is 11.1. The van der Waals surface area contributed by atoms with Crippen molar-refractivity contribution in [2.45, 2.75) is 25.8 Å². The fourth-order valence-corrected chi connectivity index (χ4v) is 4.14. The van der Waals surface area contributed by atoms with Crippen LogP contribution in [0.15, 0.2) is 77.4 Å². The van der Waals surface area contributed by atoms with Gasteiger partial charge in [0, 0.05) is 43.8 Å². The molecule has 0 aliphatic carbocycles. The number of carbonyl (C=O) groups is 1. The second-order valence-electron chi connectivity index (χ2n) is 8.40. The smallest absolute Gasteiger partial charge is 0.335 e. The molecule has 1 saturated heterocycles. The Balaban J connectivity index is 1.36. The van der Waals surface area contributed by atoms with Crippen molar-refractivity contribution in [2.75, 3.05) is 25.0 Å². The van der Waals surface area contributed by atoms with E-state index >= 15 is 0 Å². The molecule has 0 amide bonds. The first-order valence-electron chi connectivity index (χ1n) is 11.1. The number of likely N-dealkylation sites (tertiary alicyclic amines) is 1. The van der Waals surface area contributed by atoms with Gasteiger partial charge in [0.15, 0.2) is 5.82 Å². The average molecular weight is 445 g/mol. The molecular weight excluding hydrogens is 416 g/mol. The van der Waals surface area contributed by atoms with Gasteiger partial charge in [0.25, 0.3) is 5.56 Å². The third-order valence-corrected chi connectivity index (χ3v) is 5.85. The van der Waals surface area contributed by atoms with Crippen LogP contribution in [0.25, 0.3) is 11.8 Å². The van der Waals surface area contributed by atoms with Crippen LogP contribution in [0.3, 0.4) is 0 Å². The van der Waals surface area contributed by atoms with Crippen molar-refractivity contribution in [2.24, 2.45) is 0 Å². The number of benzene rings is 2. The normalized spacial score (nSPS) is 15.4. The third kappa shape index (κ3) is 5.75. The van der Waals surface area contributed by atoms with Gasteiger partial charge < -0.3 is 10.4 Å². The SMILES string of the molecule is C/C(=C\c1ccccc1)CN1CCC(Nc2nccn(-c3ccc(C(=O)O)cc3)c2=O)CC1. The van der Waals surface area contributed by atoms with Gasteiger partial charge >= 0.3 is 5.97 Å². The molecular formula is C26H28N4O3. The standard InChI is InChI=1S/C26H28N4O3/c1-19(17-20-5-3-2-4-6-20)18-29-14-11-22(12-15-29)28-24-25(31)30(16-13-27-24)23-9-7-21(8-10-23)26(32)33/h2-10,13,16-17,22H,11-12,14-15,18H2,1H3,(H,27,28)(H,32,33)/b19-17+. The highest BCUT2D eigenvalue weighted by Crippen LogP contribution is 2.16. The Morgan fingerprint density at radius 2 is 1.82 bits per heavy atom. The third-order valence-electron chi connectivity index (χ3n) is 5.85. The molecule has 7 nitrogen and oxygen atoms in total. The number of aromatic carboxylic acids is 1. The maximum atomic E-state index is 12.9. The summed E-state index contributed by atoms with van der Waals surface area (Å²) < 4.78 is 1.48. The van der Waals surface area contributed by atoms with Gasteiger partial charge in [-0.05, 0) is 49.6 Å². The first-order chi connectivity index (χ1) is 16.0. The minimum Gasteiger partial charge on any atom is -0.478 e. The van der Waals surface area contributed by atoms with Crippen LogP contribution in [-0.4, -0.2) is 51.2 Å². The predicted octanol–water partition coefficient (Wildman–Crippen LogP) is 3.91. The molecule has 0 atom stereocenters. The molecule has 2 heterocycles. The molecule has 1 aliphatic rings. The van der Waals surface area contributed by atoms with Crippen LogP contribution in [-0.2, 0) is 0 Å². The lowest BCUT2D eigenvalue weighted by molar-refractivity contribution is 0.0697. The minimum atomic E-state index is -0.997. The number of anilines is 1. The summed E-state index contributed by atoms with van der Waals surface area (Å²) in [6.45, 7) is 5.01. The van der Waals surface area contributed by atoms with Crippen LogP contribution in [0.2, 0.25) is 0 Å². The first kappa shape index (κ1) is 22.5. The number of nitrogens with zero attached hydrogens (tertiary/aromatic N) is 3. The van der Waals surface area contributed by atoms with E-state index in [1.54, 1.807) is 24.5 Å². The van der Waals surface area contributed by atoms with Crippen molar-refractivity contribution in [3.8, 4) is 5.69 Å². The quantitative estimate of drug-likeness (QED) is 0.575. The van der Waals surface area contributed by atoms with E-state index in [1.807, 2.05) is 18.2 Å². The number of piperidine rings is 1. The number of nitrogens with one attached hydrogen (secondary N) is 1. The molecule has 2 aromatic carbocycles. The van der Waals surface area contributed by atoms with E-state index in [0.717, 1.165) is 32.5 Å². The maximum absolute atomic E-state index is 12.9. The monoisotopic (exact) mass is 444 g/mol. The van der Waals surface area contributed by atoms with E-state index in [0.29, 0.717) is 11.5 Å². The van der Waals surface area contributed by atoms with Crippen molar-refractivity contribution >= 4 is 17.9 Å². The Morgan fingerprint density at radius 1 is 1.12 bits per heavy atom. The van der Waals surface area contributed by atoms with Gasteiger partial charge in [0.05, 0.1) is 5.56 Å². The van der Waals surface area contributed by atoms with Gasteiger partial charge in [0.2, 0.25) is 0 Å². The largest absolute Gasteiger partial charge is 0.478 e. The van der Waals surface area contributed by atoms with Crippen LogP contribution in [0.1, 0.15) is 35.7 Å². The summed E-state index contributed by atoms with van der Waals surface area (Å²) in [5, 5.41) is 12.4. The Kier molecular flexibility index (Phi) is 7.00. The summed E-state index contributed by atoms with van der Waals surface area (Å²) in [4.78, 5) is 30.7. The molecule has 2 N–H and O–H groups in total. The number of rotatable bonds is 7. The molecule has 1 aromatic heterocycles. The maximum Gasteiger partial charge on any atom is 0.335 e. The molecule has 1 fully saturated rings. The van der Waals surface area contributed by atoms with Crippen LogP contribution in [0.5, 0.6) is 0 Å². The lowest BCUT2D eigenvalue weighted by Gasteiger charge is -2.32. The second-order valence-corrected chi connectivity index (χ2v) is 8.40. The number of carboxylic acid groups (broad SMARTS) is 1. The summed E-state index contributed by atoms with van der Waals surface area (Å²) in [6, 6.07) is 16.8. The van der Waals surface area contributed by atoms with Crippen LogP contribution >= 0.6 is 0 Å². The number of hydrogen-bond donors (Lipinski definition) is 2. The van der Waals surface area contributed by atoms with E-state index in [9.17, 15) is 9.59 Å². The summed E-state index contributed by atoms with van der Waals surface area (Å²) in [5.41, 5.74) is 3.08. The lowest BCUT2D eigenvalue weighted by Crippen LogP contribution is -2.41. The molecule has 0 spiro atoms. The summed E-state index contributed by atoms with van der Waals surface area (Å²) in [6.07, 6.45) is 7.27. The second kappa shape index (κ2) is 10.3. The Bertz CT molecular complexity index is 1180. The van der Waals surface area contributed by atoms with Gasteiger partial charge in [-0.25, -0.2) is 9.78 Å². The molecule has 1 aliphatic heterocycles. The zero-order valence-electron chi connectivity index (χ0n) is 18.6. The minimum absolute atomic E-state index is 0.180. The average Bonchev–Trinajstić information content (AvgIpc) is 2.82. The Hall–Kier alpha value is -3.71. The van der Waals surface area contributed by atoms with Crippen molar-refractivity contribution in [3.63, 3.8) is 0 Å². The topological polar surface area (TPSA) is 87.5 Å². The molecule has 0 radical (unpaired) electrons. The fraction of sp³-hybridized carbons (Fsp3) is 0.269. The molecule has 4 rings (SSSR count). The van der Waals surface area contributed by atoms with Gasteiger partial charge in [-0.1, -0.05) is 42.0 Å². The zero-order chi connectivity index (χ0) is 23.2. The van der Waals surface area contributed by atoms with Crippen LogP contribution in [0, 0.1) is 0 Å². The van der Waals surface area contributed by atoms with Crippen molar-refractivity contribution < 1.29 is 9.90 Å². The van der Waals surface area contributed by atoms with Crippen LogP contribution in [0.4, 0.5) is 5.82 Å². The summed E-state index contributed by atoms with van der Waals surface area (Å²) >= 11 is 0. The molecule has 0 unspecified atom stereocenters. The number of aromatic nitrogens is 2. The Morgan fingerprint density at radius 3 is 2.48 bits per heavy atom. The van der Waals surface area contributed by atoms with Crippen LogP contribution < -0.4 is 10.9 Å². The van der Waals surface area contributed by atoms with E-state index < -0.39 is 5.97 Å². The summed E-state index contributed by atoms with van der Waals surface area (Å²) in [7, 11) is 0. The highest BCUT2D eigenvalue weighted by molar-refractivity contribution is 5.87. The number of hydrogen-bond acceptors (Lipinski definition) is 5. The van der Waals surface area contributed by atoms with E-state index in [4.69, 9.17) is 5.11 Å².